The zero-order valence-electron chi connectivity index (χ0n) is 23.6. The second-order valence-electron chi connectivity index (χ2n) is 10.0. The molecule has 39 heavy (non-hydrogen) atoms. The van der Waals surface area contributed by atoms with E-state index in [1.807, 2.05) is 13.8 Å². The fourth-order valence-electron chi connectivity index (χ4n) is 4.80. The quantitative estimate of drug-likeness (QED) is 0.191. The lowest BCUT2D eigenvalue weighted by molar-refractivity contribution is 0.102. The van der Waals surface area contributed by atoms with E-state index in [1.54, 1.807) is 52.0 Å². The molecule has 212 valence electrons. The summed E-state index contributed by atoms with van der Waals surface area (Å²) in [5.41, 5.74) is 3.06. The van der Waals surface area contributed by atoms with Crippen LogP contribution in [0.15, 0.2) is 24.3 Å². The van der Waals surface area contributed by atoms with Gasteiger partial charge in [-0.05, 0) is 76.6 Å². The summed E-state index contributed by atoms with van der Waals surface area (Å²) >= 11 is 0. The lowest BCUT2D eigenvalue weighted by atomic mass is 10.0. The van der Waals surface area contributed by atoms with Crippen LogP contribution >= 0.6 is 7.14 Å². The predicted molar refractivity (Wildman–Crippen MR) is 151 cm³/mol. The van der Waals surface area contributed by atoms with Gasteiger partial charge < -0.3 is 25.0 Å². The summed E-state index contributed by atoms with van der Waals surface area (Å²) in [5, 5.41) is 13.4. The number of hydrogen-bond acceptors (Lipinski definition) is 6. The minimum Gasteiger partial charge on any atom is -0.465 e. The van der Waals surface area contributed by atoms with Gasteiger partial charge in [-0.2, -0.15) is 0 Å². The molecule has 0 bridgehead atoms. The molecule has 0 aliphatic carbocycles. The zero-order valence-corrected chi connectivity index (χ0v) is 24.5. The maximum absolute atomic E-state index is 14.4. The summed E-state index contributed by atoms with van der Waals surface area (Å²) in [4.78, 5) is 50.5. The molecule has 0 radical (unpaired) electrons. The predicted octanol–water partition coefficient (Wildman–Crippen LogP) is 6.39. The monoisotopic (exact) mass is 558 g/mol. The molecule has 2 amide bonds. The number of aryl methyl sites for hydroxylation is 6. The Balaban J connectivity index is 2.21. The number of nitrogens with one attached hydrogen (secondary N) is 2. The maximum Gasteiger partial charge on any atom is 0.407 e. The Morgan fingerprint density at radius 1 is 0.692 bits per heavy atom. The minimum atomic E-state index is -4.42. The number of benzene rings is 2. The number of carboxylic acid groups (broad SMARTS) is 1. The van der Waals surface area contributed by atoms with Gasteiger partial charge in [0, 0.05) is 24.2 Å². The molecule has 0 fully saturated rings. The molecule has 0 heterocycles. The molecule has 2 aromatic rings. The Bertz CT molecular complexity index is 1180. The molecule has 3 N–H and O–H groups in total. The summed E-state index contributed by atoms with van der Waals surface area (Å²) < 4.78 is 19.6. The lowest BCUT2D eigenvalue weighted by Gasteiger charge is -2.21. The highest BCUT2D eigenvalue weighted by atomic mass is 31.2. The lowest BCUT2D eigenvalue weighted by Crippen LogP contribution is -2.27. The van der Waals surface area contributed by atoms with Gasteiger partial charge in [-0.1, -0.05) is 48.2 Å². The highest BCUT2D eigenvalue weighted by molar-refractivity contribution is 7.95. The standard InChI is InChI=1S/C29H39N2O7P/c1-18-13-20(3)24(21(4)14-18)26(32)39(37,27(33)25-22(5)15-19(2)16-23(25)6)17-38-29(36)31-12-10-8-7-9-11-30-28(34)35/h13-16,30H,7-12,17H2,1-6H3,(H,31,36)(H,34,35). The first kappa shape index (κ1) is 31.8. The van der Waals surface area contributed by atoms with Crippen molar-refractivity contribution in [1.29, 1.82) is 0 Å². The highest BCUT2D eigenvalue weighted by Crippen LogP contribution is 2.53. The number of carbonyl (C=O) groups is 4. The second kappa shape index (κ2) is 14.1. The van der Waals surface area contributed by atoms with Crippen LogP contribution in [0.3, 0.4) is 0 Å². The van der Waals surface area contributed by atoms with Gasteiger partial charge in [0.15, 0.2) is 6.35 Å². The van der Waals surface area contributed by atoms with Crippen molar-refractivity contribution in [2.45, 2.75) is 67.2 Å². The Morgan fingerprint density at radius 3 is 1.46 bits per heavy atom. The average molecular weight is 559 g/mol. The van der Waals surface area contributed by atoms with Gasteiger partial charge in [0.2, 0.25) is 11.0 Å². The summed E-state index contributed by atoms with van der Waals surface area (Å²) in [7, 11) is -4.42. The first-order chi connectivity index (χ1) is 18.3. The molecule has 0 aliphatic rings. The number of rotatable bonds is 13. The van der Waals surface area contributed by atoms with Crippen molar-refractivity contribution in [3.05, 3.63) is 68.8 Å². The third kappa shape index (κ3) is 8.52. The van der Waals surface area contributed by atoms with E-state index in [-0.39, 0.29) is 17.7 Å². The molecular weight excluding hydrogens is 519 g/mol. The van der Waals surface area contributed by atoms with E-state index in [9.17, 15) is 23.7 Å². The normalized spacial score (nSPS) is 11.1. The van der Waals surface area contributed by atoms with Crippen LogP contribution in [0.2, 0.25) is 0 Å². The Kier molecular flexibility index (Phi) is 11.5. The molecular formula is C29H39N2O7P. The van der Waals surface area contributed by atoms with E-state index < -0.39 is 36.7 Å². The maximum atomic E-state index is 14.4. The van der Waals surface area contributed by atoms with Crippen molar-refractivity contribution in [3.63, 3.8) is 0 Å². The molecule has 10 heteroatoms. The fraction of sp³-hybridized carbons (Fsp3) is 0.448. The second-order valence-corrected chi connectivity index (χ2v) is 12.6. The molecule has 0 saturated heterocycles. The number of alkyl carbamates (subject to hydrolysis) is 1. The van der Waals surface area contributed by atoms with E-state index in [0.29, 0.717) is 41.6 Å². The van der Waals surface area contributed by atoms with Crippen molar-refractivity contribution < 1.29 is 33.6 Å². The van der Waals surface area contributed by atoms with Gasteiger partial charge in [-0.3, -0.25) is 9.59 Å². The molecule has 2 rings (SSSR count). The third-order valence-electron chi connectivity index (χ3n) is 6.46. The van der Waals surface area contributed by atoms with Crippen molar-refractivity contribution in [2.75, 3.05) is 19.4 Å². The van der Waals surface area contributed by atoms with Gasteiger partial charge in [-0.25, -0.2) is 9.59 Å². The molecule has 0 spiro atoms. The van der Waals surface area contributed by atoms with E-state index in [1.165, 1.54) is 0 Å². The van der Waals surface area contributed by atoms with Crippen LogP contribution in [-0.2, 0) is 9.30 Å². The smallest absolute Gasteiger partial charge is 0.407 e. The topological polar surface area (TPSA) is 139 Å². The highest BCUT2D eigenvalue weighted by Gasteiger charge is 2.44. The van der Waals surface area contributed by atoms with E-state index >= 15 is 0 Å². The van der Waals surface area contributed by atoms with Crippen molar-refractivity contribution >= 4 is 30.4 Å². The van der Waals surface area contributed by atoms with Crippen LogP contribution in [0.5, 0.6) is 0 Å². The van der Waals surface area contributed by atoms with Crippen LogP contribution in [0.1, 0.15) is 79.8 Å². The van der Waals surface area contributed by atoms with Crippen LogP contribution in [0.4, 0.5) is 9.59 Å². The van der Waals surface area contributed by atoms with Crippen LogP contribution < -0.4 is 10.6 Å². The van der Waals surface area contributed by atoms with Crippen molar-refractivity contribution in [1.82, 2.24) is 10.6 Å². The molecule has 0 unspecified atom stereocenters. The van der Waals surface area contributed by atoms with Crippen LogP contribution in [0.25, 0.3) is 0 Å². The third-order valence-corrected chi connectivity index (χ3v) is 8.72. The number of amides is 2. The average Bonchev–Trinajstić information content (AvgIpc) is 2.82. The summed E-state index contributed by atoms with van der Waals surface area (Å²) in [6.45, 7) is 11.3. The summed E-state index contributed by atoms with van der Waals surface area (Å²) in [6, 6.07) is 7.18. The van der Waals surface area contributed by atoms with E-state index in [2.05, 4.69) is 10.6 Å². The molecule has 0 aromatic heterocycles. The first-order valence-electron chi connectivity index (χ1n) is 13.0. The SMILES string of the molecule is Cc1cc(C)c(C(=O)P(=O)(COC(=O)NCCCCCCNC(=O)O)C(=O)c2c(C)cc(C)cc2C)c(C)c1. The minimum absolute atomic E-state index is 0.209. The van der Waals surface area contributed by atoms with Gasteiger partial charge >= 0.3 is 12.2 Å². The molecule has 0 atom stereocenters. The summed E-state index contributed by atoms with van der Waals surface area (Å²) in [6.07, 6.45) is 0.0826. The van der Waals surface area contributed by atoms with Crippen LogP contribution in [-0.4, -0.2) is 47.8 Å². The Labute approximate surface area is 230 Å². The molecule has 2 aromatic carbocycles. The van der Waals surface area contributed by atoms with Crippen LogP contribution in [0, 0.1) is 41.5 Å². The van der Waals surface area contributed by atoms with E-state index in [0.717, 1.165) is 24.0 Å². The van der Waals surface area contributed by atoms with E-state index in [4.69, 9.17) is 9.84 Å². The van der Waals surface area contributed by atoms with Gasteiger partial charge in [0.05, 0.1) is 0 Å². The number of ether oxygens (including phenoxy) is 1. The Morgan fingerprint density at radius 2 is 1.08 bits per heavy atom. The molecule has 0 aliphatic heterocycles. The summed E-state index contributed by atoms with van der Waals surface area (Å²) in [5.74, 6) is 0. The fourth-order valence-corrected chi connectivity index (χ4v) is 6.94. The first-order valence-corrected chi connectivity index (χ1v) is 14.9. The Hall–Kier alpha value is -3.45. The van der Waals surface area contributed by atoms with Gasteiger partial charge in [-0.15, -0.1) is 0 Å². The van der Waals surface area contributed by atoms with Crippen molar-refractivity contribution in [2.24, 2.45) is 0 Å². The van der Waals surface area contributed by atoms with Gasteiger partial charge in [0.1, 0.15) is 0 Å². The number of unbranched alkanes of at least 4 members (excludes halogenated alkanes) is 3. The molecule has 9 nitrogen and oxygen atoms in total. The van der Waals surface area contributed by atoms with Crippen molar-refractivity contribution in [3.8, 4) is 0 Å². The van der Waals surface area contributed by atoms with Gasteiger partial charge in [0.25, 0.3) is 7.14 Å². The molecule has 0 saturated carbocycles. The number of hydrogen-bond donors (Lipinski definition) is 3. The zero-order chi connectivity index (χ0) is 29.3. The number of carbonyl (C=O) groups excluding carboxylic acids is 3. The largest absolute Gasteiger partial charge is 0.465 e.